The molecule has 412 valence electrons. The number of amides is 10. The Morgan fingerprint density at radius 1 is 0.514 bits per heavy atom. The highest BCUT2D eigenvalue weighted by molar-refractivity contribution is 5.97. The van der Waals surface area contributed by atoms with Gasteiger partial charge in [0.05, 0.1) is 12.1 Å². The van der Waals surface area contributed by atoms with E-state index in [0.29, 0.717) is 0 Å². The molecule has 1 aliphatic heterocycles. The summed E-state index contributed by atoms with van der Waals surface area (Å²) >= 11 is 0. The van der Waals surface area contributed by atoms with E-state index in [4.69, 9.17) is 19.9 Å². The van der Waals surface area contributed by atoms with Gasteiger partial charge in [0, 0.05) is 26.2 Å². The number of carbonyl (C=O) groups is 10. The molecule has 1 fully saturated rings. The van der Waals surface area contributed by atoms with Crippen LogP contribution in [0.5, 0.6) is 0 Å². The second-order valence-electron chi connectivity index (χ2n) is 21.6. The molecule has 0 saturated carbocycles. The number of ether oxygens (including phenoxy) is 3. The van der Waals surface area contributed by atoms with Crippen molar-refractivity contribution >= 4 is 59.6 Å². The lowest BCUT2D eigenvalue weighted by molar-refractivity contribution is -0.136. The number of carbonyl (C=O) groups excluding carboxylic acids is 10. The van der Waals surface area contributed by atoms with Crippen LogP contribution in [0.25, 0.3) is 0 Å². The highest BCUT2D eigenvalue weighted by atomic mass is 16.6. The molecule has 0 aliphatic carbocycles. The second-order valence-corrected chi connectivity index (χ2v) is 21.6. The monoisotopic (exact) mass is 1030 g/mol. The van der Waals surface area contributed by atoms with Gasteiger partial charge in [-0.3, -0.25) is 33.6 Å². The summed E-state index contributed by atoms with van der Waals surface area (Å²) in [6.45, 7) is 22.3. The van der Waals surface area contributed by atoms with E-state index >= 15 is 0 Å². The van der Waals surface area contributed by atoms with Crippen molar-refractivity contribution in [1.82, 2.24) is 53.2 Å². The van der Waals surface area contributed by atoms with E-state index in [9.17, 15) is 53.1 Å². The lowest BCUT2D eigenvalue weighted by Gasteiger charge is -2.29. The Hall–Kier alpha value is -5.98. The van der Waals surface area contributed by atoms with Crippen molar-refractivity contribution in [2.24, 2.45) is 17.6 Å². The molecule has 25 nitrogen and oxygen atoms in total. The summed E-state index contributed by atoms with van der Waals surface area (Å²) in [7, 11) is 0. The Labute approximate surface area is 423 Å². The van der Waals surface area contributed by atoms with Crippen LogP contribution >= 0.6 is 0 Å². The Morgan fingerprint density at radius 2 is 0.806 bits per heavy atom. The van der Waals surface area contributed by atoms with Gasteiger partial charge in [0.2, 0.25) is 41.4 Å². The Kier molecular flexibility index (Phi) is 26.3. The molecular weight excluding hydrogens is 943 g/mol. The lowest BCUT2D eigenvalue weighted by atomic mass is 9.99. The predicted molar refractivity (Wildman–Crippen MR) is 264 cm³/mol. The summed E-state index contributed by atoms with van der Waals surface area (Å²) in [6, 6.07) is -10.0. The first-order chi connectivity index (χ1) is 33.1. The molecule has 13 N–H and O–H groups in total. The van der Waals surface area contributed by atoms with Crippen molar-refractivity contribution in [2.75, 3.05) is 26.2 Å². The van der Waals surface area contributed by atoms with E-state index in [0.717, 1.165) is 0 Å². The largest absolute Gasteiger partial charge is 0.444 e. The third-order valence-corrected chi connectivity index (χ3v) is 10.0. The van der Waals surface area contributed by atoms with Crippen molar-refractivity contribution in [3.05, 3.63) is 0 Å². The summed E-state index contributed by atoms with van der Waals surface area (Å²) in [6.07, 6.45) is -4.90. The van der Waals surface area contributed by atoms with Crippen LogP contribution in [-0.2, 0) is 47.8 Å². The number of alkyl carbamates (subject to hydrolysis) is 3. The number of rotatable bonds is 14. The Balaban J connectivity index is 3.90. The van der Waals surface area contributed by atoms with Crippen LogP contribution in [0.2, 0.25) is 0 Å². The average molecular weight is 1030 g/mol. The summed E-state index contributed by atoms with van der Waals surface area (Å²) in [5.41, 5.74) is 3.62. The van der Waals surface area contributed by atoms with E-state index in [1.165, 1.54) is 6.92 Å². The van der Waals surface area contributed by atoms with Crippen molar-refractivity contribution in [3.63, 3.8) is 0 Å². The first-order valence-corrected chi connectivity index (χ1v) is 24.5. The molecule has 0 aromatic carbocycles. The fourth-order valence-corrected chi connectivity index (χ4v) is 6.73. The maximum absolute atomic E-state index is 14.3. The number of nitrogens with one attached hydrogen (secondary N) is 10. The summed E-state index contributed by atoms with van der Waals surface area (Å²) < 4.78 is 15.9. The first kappa shape index (κ1) is 64.0. The number of aliphatic hydroxyl groups excluding tert-OH is 1. The van der Waals surface area contributed by atoms with Gasteiger partial charge in [-0.1, -0.05) is 27.7 Å². The van der Waals surface area contributed by atoms with Gasteiger partial charge >= 0.3 is 18.3 Å². The minimum absolute atomic E-state index is 0.0292. The van der Waals surface area contributed by atoms with Gasteiger partial charge in [0.25, 0.3) is 0 Å². The SMILES string of the molecule is CC(C)C[C@@H]1NC(=O)[C@@H](CC(C)C)NC(=O)[C@H](CCNC(=O)OC(C)(C)C)NC(=O)[C@@H](N)CCNC(=O)[C@H]([C@H](C)O)NC(=O)[C@H](CCNC(=O)OC(C)(C)C)NC(=O)[C@H](CCNC(=O)OC(C)(C)C)NC1=O. The molecule has 10 amide bonds. The highest BCUT2D eigenvalue weighted by Gasteiger charge is 2.36. The Bertz CT molecular complexity index is 1860. The van der Waals surface area contributed by atoms with Crippen LogP contribution in [0.4, 0.5) is 14.4 Å². The van der Waals surface area contributed by atoms with Gasteiger partial charge in [-0.2, -0.15) is 0 Å². The normalized spacial score (nSPS) is 23.4. The molecule has 72 heavy (non-hydrogen) atoms. The fraction of sp³-hybridized carbons (Fsp3) is 0.787. The van der Waals surface area contributed by atoms with Crippen LogP contribution in [0.1, 0.15) is 135 Å². The lowest BCUT2D eigenvalue weighted by Crippen LogP contribution is -2.61. The zero-order chi connectivity index (χ0) is 55.3. The third kappa shape index (κ3) is 27.0. The highest BCUT2D eigenvalue weighted by Crippen LogP contribution is 2.13. The summed E-state index contributed by atoms with van der Waals surface area (Å²) in [5, 5.41) is 36.3. The van der Waals surface area contributed by atoms with Crippen LogP contribution < -0.4 is 58.9 Å². The zero-order valence-corrected chi connectivity index (χ0v) is 44.7. The maximum Gasteiger partial charge on any atom is 0.407 e. The van der Waals surface area contributed by atoms with Gasteiger partial charge in [-0.25, -0.2) is 14.4 Å². The van der Waals surface area contributed by atoms with E-state index in [1.807, 2.05) is 0 Å². The molecule has 1 heterocycles. The smallest absolute Gasteiger partial charge is 0.407 e. The van der Waals surface area contributed by atoms with E-state index < -0.39 is 125 Å². The second kappa shape index (κ2) is 29.5. The van der Waals surface area contributed by atoms with Crippen LogP contribution in [0.3, 0.4) is 0 Å². The van der Waals surface area contributed by atoms with Crippen molar-refractivity contribution in [1.29, 1.82) is 0 Å². The molecule has 8 atom stereocenters. The Morgan fingerprint density at radius 3 is 1.11 bits per heavy atom. The first-order valence-electron chi connectivity index (χ1n) is 24.5. The predicted octanol–water partition coefficient (Wildman–Crippen LogP) is -0.0402. The quantitative estimate of drug-likeness (QED) is 0.102. The number of aliphatic hydroxyl groups is 1. The van der Waals surface area contributed by atoms with Gasteiger partial charge in [-0.05, 0) is 120 Å². The summed E-state index contributed by atoms with van der Waals surface area (Å²) in [5.74, 6) is -6.59. The van der Waals surface area contributed by atoms with Gasteiger partial charge < -0.3 is 78.2 Å². The molecule has 0 aromatic rings. The van der Waals surface area contributed by atoms with Gasteiger partial charge in [0.1, 0.15) is 53.1 Å². The van der Waals surface area contributed by atoms with Crippen molar-refractivity contribution in [3.8, 4) is 0 Å². The molecule has 0 unspecified atom stereocenters. The molecule has 1 saturated heterocycles. The molecule has 25 heteroatoms. The minimum Gasteiger partial charge on any atom is -0.444 e. The van der Waals surface area contributed by atoms with Crippen molar-refractivity contribution < 1.29 is 67.3 Å². The van der Waals surface area contributed by atoms with Crippen LogP contribution in [0.15, 0.2) is 0 Å². The van der Waals surface area contributed by atoms with Crippen LogP contribution in [0, 0.1) is 11.8 Å². The molecule has 1 rings (SSSR count). The number of hydrogen-bond donors (Lipinski definition) is 12. The summed E-state index contributed by atoms with van der Waals surface area (Å²) in [4.78, 5) is 136. The number of hydrogen-bond acceptors (Lipinski definition) is 15. The fourth-order valence-electron chi connectivity index (χ4n) is 6.73. The topological polar surface area (TPSA) is 365 Å². The molecule has 0 aromatic heterocycles. The van der Waals surface area contributed by atoms with Crippen LogP contribution in [-0.4, -0.2) is 156 Å². The molecular formula is C47H85N11O14. The molecule has 1 aliphatic rings. The van der Waals surface area contributed by atoms with Gasteiger partial charge in [0.15, 0.2) is 0 Å². The van der Waals surface area contributed by atoms with E-state index in [2.05, 4.69) is 53.2 Å². The minimum atomic E-state index is -1.64. The average Bonchev–Trinajstić information content (AvgIpc) is 3.20. The standard InChI is InChI=1S/C47H85N11O14/c1-25(2)23-32-39(64)55-30(17-21-51-43(68)71-46(9,10)11)36(61)54-31(18-22-52-44(69)72-47(12,13)14)38(63)58-34(27(5)59)41(66)49-19-15-28(48)35(60)53-29(16-20-50-42(67)70-45(6,7)8)37(62)56-33(24-26(3)4)40(65)57-32/h25-34,59H,15-24,48H2,1-14H3,(H,49,66)(H,50,67)(H,51,68)(H,52,69)(H,53,60)(H,54,61)(H,55,64)(H,56,62)(H,57,65)(H,58,63)/t27-,28-,29-,30-,31-,32-,33+,34-/m0/s1. The van der Waals surface area contributed by atoms with Crippen molar-refractivity contribution in [2.45, 2.75) is 201 Å². The van der Waals surface area contributed by atoms with E-state index in [-0.39, 0.29) is 76.5 Å². The zero-order valence-electron chi connectivity index (χ0n) is 44.7. The molecule has 0 spiro atoms. The number of nitrogens with two attached hydrogens (primary N) is 1. The molecule has 0 radical (unpaired) electrons. The maximum atomic E-state index is 14.3. The van der Waals surface area contributed by atoms with Gasteiger partial charge in [-0.15, -0.1) is 0 Å². The third-order valence-electron chi connectivity index (χ3n) is 10.0. The molecule has 0 bridgehead atoms. The van der Waals surface area contributed by atoms with E-state index in [1.54, 1.807) is 90.0 Å².